The molecular formula is C13H20N2. The van der Waals surface area contributed by atoms with Crippen molar-refractivity contribution in [2.45, 2.75) is 27.2 Å². The maximum Gasteiger partial charge on any atom is 0.102 e. The summed E-state index contributed by atoms with van der Waals surface area (Å²) in [5.74, 6) is 1.12. The number of amidine groups is 1. The zero-order valence-electron chi connectivity index (χ0n) is 10.3. The van der Waals surface area contributed by atoms with Crippen molar-refractivity contribution in [1.29, 1.82) is 0 Å². The van der Waals surface area contributed by atoms with Gasteiger partial charge in [0.2, 0.25) is 0 Å². The molecule has 82 valence electrons. The normalized spacial score (nSPS) is 11.7. The molecule has 0 aliphatic rings. The van der Waals surface area contributed by atoms with Gasteiger partial charge in [-0.1, -0.05) is 25.1 Å². The average Bonchev–Trinajstić information content (AvgIpc) is 2.19. The van der Waals surface area contributed by atoms with Gasteiger partial charge in [0.15, 0.2) is 0 Å². The summed E-state index contributed by atoms with van der Waals surface area (Å²) in [4.78, 5) is 6.49. The molecule has 0 spiro atoms. The van der Waals surface area contributed by atoms with Crippen molar-refractivity contribution < 1.29 is 0 Å². The third-order valence-corrected chi connectivity index (χ3v) is 2.74. The van der Waals surface area contributed by atoms with E-state index in [0.29, 0.717) is 0 Å². The molecule has 0 fully saturated rings. The van der Waals surface area contributed by atoms with E-state index in [1.54, 1.807) is 0 Å². The molecule has 0 N–H and O–H groups in total. The first-order valence-electron chi connectivity index (χ1n) is 5.37. The van der Waals surface area contributed by atoms with E-state index in [0.717, 1.165) is 12.3 Å². The fourth-order valence-corrected chi connectivity index (χ4v) is 2.01. The molecule has 0 saturated carbocycles. The van der Waals surface area contributed by atoms with Crippen molar-refractivity contribution in [3.8, 4) is 0 Å². The second-order valence-electron chi connectivity index (χ2n) is 3.79. The monoisotopic (exact) mass is 204 g/mol. The largest absolute Gasteiger partial charge is 0.333 e. The van der Waals surface area contributed by atoms with Crippen molar-refractivity contribution in [3.05, 3.63) is 29.3 Å². The number of hydrogen-bond acceptors (Lipinski definition) is 1. The minimum Gasteiger partial charge on any atom is -0.333 e. The minimum absolute atomic E-state index is 0.959. The van der Waals surface area contributed by atoms with Crippen molar-refractivity contribution in [2.75, 3.05) is 19.0 Å². The molecule has 0 unspecified atom stereocenters. The van der Waals surface area contributed by atoms with E-state index in [-0.39, 0.29) is 0 Å². The topological polar surface area (TPSA) is 15.6 Å². The Morgan fingerprint density at radius 1 is 1.27 bits per heavy atom. The summed E-state index contributed by atoms with van der Waals surface area (Å²) in [6.45, 7) is 6.41. The third kappa shape index (κ3) is 2.38. The van der Waals surface area contributed by atoms with Crippen LogP contribution in [0.4, 0.5) is 5.69 Å². The van der Waals surface area contributed by atoms with Gasteiger partial charge in [0.05, 0.1) is 0 Å². The lowest BCUT2D eigenvalue weighted by atomic mass is 10.1. The van der Waals surface area contributed by atoms with Gasteiger partial charge in [0.25, 0.3) is 0 Å². The number of para-hydroxylation sites is 1. The van der Waals surface area contributed by atoms with Gasteiger partial charge in [-0.2, -0.15) is 0 Å². The molecule has 0 atom stereocenters. The van der Waals surface area contributed by atoms with Gasteiger partial charge in [-0.25, -0.2) is 0 Å². The van der Waals surface area contributed by atoms with Crippen molar-refractivity contribution in [3.63, 3.8) is 0 Å². The van der Waals surface area contributed by atoms with Crippen molar-refractivity contribution in [2.24, 2.45) is 4.99 Å². The van der Waals surface area contributed by atoms with E-state index >= 15 is 0 Å². The number of aryl methyl sites for hydroxylation is 2. The molecule has 15 heavy (non-hydrogen) atoms. The van der Waals surface area contributed by atoms with Gasteiger partial charge in [0, 0.05) is 26.2 Å². The first-order chi connectivity index (χ1) is 7.11. The van der Waals surface area contributed by atoms with Crippen LogP contribution in [-0.2, 0) is 0 Å². The predicted octanol–water partition coefficient (Wildman–Crippen LogP) is 3.18. The lowest BCUT2D eigenvalue weighted by Crippen LogP contribution is -2.27. The summed E-state index contributed by atoms with van der Waals surface area (Å²) in [6.07, 6.45) is 0.959. The van der Waals surface area contributed by atoms with Crippen LogP contribution >= 0.6 is 0 Å². The molecule has 0 bridgehead atoms. The summed E-state index contributed by atoms with van der Waals surface area (Å²) in [5.41, 5.74) is 3.87. The molecule has 1 rings (SSSR count). The smallest absolute Gasteiger partial charge is 0.102 e. The Kier molecular flexibility index (Phi) is 3.89. The molecule has 1 aromatic carbocycles. The van der Waals surface area contributed by atoms with Gasteiger partial charge in [0.1, 0.15) is 5.84 Å². The average molecular weight is 204 g/mol. The van der Waals surface area contributed by atoms with Gasteiger partial charge in [-0.15, -0.1) is 0 Å². The minimum atomic E-state index is 0.959. The van der Waals surface area contributed by atoms with E-state index in [1.807, 2.05) is 7.05 Å². The standard InChI is InChI=1S/C13H20N2/c1-6-12(14-4)15(5)13-10(2)8-7-9-11(13)3/h7-9H,6H2,1-5H3/b14-12-. The van der Waals surface area contributed by atoms with E-state index in [9.17, 15) is 0 Å². The van der Waals surface area contributed by atoms with E-state index < -0.39 is 0 Å². The summed E-state index contributed by atoms with van der Waals surface area (Å²) in [6, 6.07) is 6.38. The Balaban J connectivity index is 3.16. The van der Waals surface area contributed by atoms with Crippen LogP contribution in [0.3, 0.4) is 0 Å². The fourth-order valence-electron chi connectivity index (χ4n) is 2.01. The summed E-state index contributed by atoms with van der Waals surface area (Å²) >= 11 is 0. The maximum absolute atomic E-state index is 4.31. The molecular weight excluding hydrogens is 184 g/mol. The molecule has 0 amide bonds. The van der Waals surface area contributed by atoms with Crippen LogP contribution in [0.25, 0.3) is 0 Å². The first kappa shape index (κ1) is 11.8. The van der Waals surface area contributed by atoms with E-state index in [2.05, 4.69) is 55.9 Å². The van der Waals surface area contributed by atoms with E-state index in [1.165, 1.54) is 16.8 Å². The molecule has 1 aromatic rings. The lowest BCUT2D eigenvalue weighted by Gasteiger charge is -2.24. The number of aliphatic imine (C=N–C) groups is 1. The Bertz CT molecular complexity index is 347. The highest BCUT2D eigenvalue weighted by Crippen LogP contribution is 2.24. The Morgan fingerprint density at radius 3 is 2.20 bits per heavy atom. The highest BCUT2D eigenvalue weighted by molar-refractivity contribution is 5.98. The maximum atomic E-state index is 4.31. The molecule has 0 saturated heterocycles. The Hall–Kier alpha value is -1.31. The fraction of sp³-hybridized carbons (Fsp3) is 0.462. The molecule has 0 aromatic heterocycles. The Morgan fingerprint density at radius 2 is 1.80 bits per heavy atom. The third-order valence-electron chi connectivity index (χ3n) is 2.74. The second kappa shape index (κ2) is 4.96. The second-order valence-corrected chi connectivity index (χ2v) is 3.79. The molecule has 0 heterocycles. The van der Waals surface area contributed by atoms with Crippen molar-refractivity contribution >= 4 is 11.5 Å². The zero-order valence-corrected chi connectivity index (χ0v) is 10.3. The van der Waals surface area contributed by atoms with Gasteiger partial charge < -0.3 is 4.90 Å². The summed E-state index contributed by atoms with van der Waals surface area (Å²) in [5, 5.41) is 0. The van der Waals surface area contributed by atoms with E-state index in [4.69, 9.17) is 0 Å². The van der Waals surface area contributed by atoms with Crippen molar-refractivity contribution in [1.82, 2.24) is 0 Å². The van der Waals surface area contributed by atoms with Crippen LogP contribution in [0.1, 0.15) is 24.5 Å². The van der Waals surface area contributed by atoms with Crippen LogP contribution in [0.5, 0.6) is 0 Å². The SMILES string of the molecule is CC/C(=N/C)N(C)c1c(C)cccc1C. The molecule has 2 nitrogen and oxygen atoms in total. The predicted molar refractivity (Wildman–Crippen MR) is 68.0 cm³/mol. The quantitative estimate of drug-likeness (QED) is 0.533. The summed E-state index contributed by atoms with van der Waals surface area (Å²) in [7, 11) is 3.93. The van der Waals surface area contributed by atoms with Crippen LogP contribution in [0.15, 0.2) is 23.2 Å². The highest BCUT2D eigenvalue weighted by atomic mass is 15.2. The van der Waals surface area contributed by atoms with Gasteiger partial charge in [-0.05, 0) is 25.0 Å². The van der Waals surface area contributed by atoms with Crippen LogP contribution < -0.4 is 4.90 Å². The number of anilines is 1. The van der Waals surface area contributed by atoms with Gasteiger partial charge in [-0.3, -0.25) is 4.99 Å². The lowest BCUT2D eigenvalue weighted by molar-refractivity contribution is 1.11. The first-order valence-corrected chi connectivity index (χ1v) is 5.37. The van der Waals surface area contributed by atoms with Crippen LogP contribution in [0, 0.1) is 13.8 Å². The molecule has 0 aliphatic carbocycles. The Labute approximate surface area is 92.6 Å². The molecule has 2 heteroatoms. The molecule has 0 radical (unpaired) electrons. The molecule has 0 aliphatic heterocycles. The summed E-state index contributed by atoms with van der Waals surface area (Å²) < 4.78 is 0. The number of rotatable bonds is 2. The van der Waals surface area contributed by atoms with Crippen LogP contribution in [0.2, 0.25) is 0 Å². The van der Waals surface area contributed by atoms with Crippen LogP contribution in [-0.4, -0.2) is 19.9 Å². The number of benzene rings is 1. The number of hydrogen-bond donors (Lipinski definition) is 0. The highest BCUT2D eigenvalue weighted by Gasteiger charge is 2.10. The number of nitrogens with zero attached hydrogens (tertiary/aromatic N) is 2. The zero-order chi connectivity index (χ0) is 11.4. The van der Waals surface area contributed by atoms with Gasteiger partial charge >= 0.3 is 0 Å².